The Morgan fingerprint density at radius 2 is 2.07 bits per heavy atom. The predicted molar refractivity (Wildman–Crippen MR) is 58.8 cm³/mol. The summed E-state index contributed by atoms with van der Waals surface area (Å²) in [7, 11) is 1.54. The molecule has 1 heterocycles. The first-order valence-corrected chi connectivity index (χ1v) is 4.81. The highest BCUT2D eigenvalue weighted by molar-refractivity contribution is 6.02. The van der Waals surface area contributed by atoms with Crippen molar-refractivity contribution in [3.8, 4) is 0 Å². The van der Waals surface area contributed by atoms with Crippen molar-refractivity contribution < 1.29 is 4.84 Å². The highest BCUT2D eigenvalue weighted by atomic mass is 16.6. The van der Waals surface area contributed by atoms with Crippen molar-refractivity contribution in [1.82, 2.24) is 5.32 Å². The molecule has 1 rings (SSSR count). The van der Waals surface area contributed by atoms with Gasteiger partial charge < -0.3 is 4.84 Å². The van der Waals surface area contributed by atoms with E-state index in [0.29, 0.717) is 0 Å². The van der Waals surface area contributed by atoms with Crippen molar-refractivity contribution in [3.63, 3.8) is 0 Å². The van der Waals surface area contributed by atoms with Gasteiger partial charge in [-0.05, 0) is 27.7 Å². The van der Waals surface area contributed by atoms with E-state index in [0.717, 1.165) is 12.1 Å². The summed E-state index contributed by atoms with van der Waals surface area (Å²) in [6.07, 6.45) is 2.47. The number of aliphatic imine (C=N–C) groups is 1. The largest absolute Gasteiger partial charge is 0.399 e. The first kappa shape index (κ1) is 11.2. The molecule has 0 saturated carbocycles. The quantitative estimate of drug-likeness (QED) is 0.551. The van der Waals surface area contributed by atoms with Crippen LogP contribution in [0.2, 0.25) is 0 Å². The van der Waals surface area contributed by atoms with Crippen LogP contribution in [0.4, 0.5) is 0 Å². The van der Waals surface area contributed by atoms with Gasteiger partial charge in [0.05, 0.1) is 5.54 Å². The second kappa shape index (κ2) is 3.69. The zero-order valence-electron chi connectivity index (χ0n) is 9.59. The van der Waals surface area contributed by atoms with E-state index in [1.165, 1.54) is 0 Å². The average Bonchev–Trinajstić information content (AvgIpc) is 2.20. The van der Waals surface area contributed by atoms with Gasteiger partial charge in [0.25, 0.3) is 0 Å². The van der Waals surface area contributed by atoms with Crippen LogP contribution in [0.3, 0.4) is 0 Å². The molecule has 4 heteroatoms. The Balaban J connectivity index is 2.71. The smallest absolute Gasteiger partial charge is 0.106 e. The minimum atomic E-state index is -0.167. The molecule has 0 spiro atoms. The third-order valence-corrected chi connectivity index (χ3v) is 2.22. The molecule has 0 unspecified atom stereocenters. The molecule has 1 N–H and O–H groups in total. The lowest BCUT2D eigenvalue weighted by Crippen LogP contribution is -2.48. The molecule has 0 atom stereocenters. The molecule has 1 aliphatic rings. The fourth-order valence-electron chi connectivity index (χ4n) is 1.84. The molecule has 4 nitrogen and oxygen atoms in total. The highest BCUT2D eigenvalue weighted by Crippen LogP contribution is 2.24. The van der Waals surface area contributed by atoms with Gasteiger partial charge in [-0.3, -0.25) is 10.3 Å². The van der Waals surface area contributed by atoms with Crippen molar-refractivity contribution in [2.75, 3.05) is 7.11 Å². The summed E-state index contributed by atoms with van der Waals surface area (Å²) in [6.45, 7) is 8.38. The van der Waals surface area contributed by atoms with Crippen LogP contribution < -0.4 is 5.32 Å². The van der Waals surface area contributed by atoms with Gasteiger partial charge in [0.15, 0.2) is 0 Å². The Labute approximate surface area is 85.4 Å². The maximum Gasteiger partial charge on any atom is 0.106 e. The van der Waals surface area contributed by atoms with Gasteiger partial charge in [-0.15, -0.1) is 0 Å². The van der Waals surface area contributed by atoms with E-state index >= 15 is 0 Å². The molecule has 80 valence electrons. The van der Waals surface area contributed by atoms with E-state index in [-0.39, 0.29) is 11.2 Å². The number of nitrogens with zero attached hydrogens (tertiary/aromatic N) is 2. The van der Waals surface area contributed by atoms with E-state index in [2.05, 4.69) is 48.0 Å². The summed E-state index contributed by atoms with van der Waals surface area (Å²) >= 11 is 0. The number of rotatable bonds is 3. The zero-order valence-corrected chi connectivity index (χ0v) is 9.59. The molecule has 0 saturated heterocycles. The molecule has 14 heavy (non-hydrogen) atoms. The van der Waals surface area contributed by atoms with Crippen LogP contribution in [0, 0.1) is 0 Å². The molecule has 0 bridgehead atoms. The van der Waals surface area contributed by atoms with Gasteiger partial charge in [-0.25, -0.2) is 0 Å². The fraction of sp³-hybridized carbons (Fsp3) is 0.800. The Hall–Kier alpha value is -0.900. The SMILES string of the molecule is CON=CCC1=NC(C)(C)NC1(C)C. The number of hydrogen-bond acceptors (Lipinski definition) is 4. The summed E-state index contributed by atoms with van der Waals surface area (Å²) in [5.41, 5.74) is 0.895. The summed E-state index contributed by atoms with van der Waals surface area (Å²) < 4.78 is 0. The van der Waals surface area contributed by atoms with Crippen molar-refractivity contribution >= 4 is 11.9 Å². The molecular formula is C10H19N3O. The van der Waals surface area contributed by atoms with E-state index in [1.807, 2.05) is 0 Å². The van der Waals surface area contributed by atoms with Crippen LogP contribution in [0.5, 0.6) is 0 Å². The lowest BCUT2D eigenvalue weighted by atomic mass is 9.97. The van der Waals surface area contributed by atoms with Gasteiger partial charge in [0.1, 0.15) is 12.8 Å². The number of hydrogen-bond donors (Lipinski definition) is 1. The first-order valence-electron chi connectivity index (χ1n) is 4.81. The van der Waals surface area contributed by atoms with Crippen molar-refractivity contribution in [2.24, 2.45) is 10.1 Å². The van der Waals surface area contributed by atoms with E-state index in [9.17, 15) is 0 Å². The van der Waals surface area contributed by atoms with Crippen molar-refractivity contribution in [3.05, 3.63) is 0 Å². The maximum atomic E-state index is 4.62. The highest BCUT2D eigenvalue weighted by Gasteiger charge is 2.37. The van der Waals surface area contributed by atoms with Gasteiger partial charge in [-0.1, -0.05) is 5.16 Å². The van der Waals surface area contributed by atoms with E-state index in [1.54, 1.807) is 13.3 Å². The maximum absolute atomic E-state index is 4.62. The Morgan fingerprint density at radius 1 is 1.43 bits per heavy atom. The minimum absolute atomic E-state index is 0.0523. The molecule has 1 aliphatic heterocycles. The monoisotopic (exact) mass is 197 g/mol. The Kier molecular flexibility index (Phi) is 2.95. The molecule has 0 aromatic rings. The van der Waals surface area contributed by atoms with Crippen LogP contribution in [-0.4, -0.2) is 30.2 Å². The van der Waals surface area contributed by atoms with Crippen LogP contribution >= 0.6 is 0 Å². The van der Waals surface area contributed by atoms with Crippen LogP contribution in [0.1, 0.15) is 34.1 Å². The van der Waals surface area contributed by atoms with Gasteiger partial charge in [0.2, 0.25) is 0 Å². The van der Waals surface area contributed by atoms with Gasteiger partial charge in [-0.2, -0.15) is 0 Å². The van der Waals surface area contributed by atoms with Gasteiger partial charge in [0, 0.05) is 18.3 Å². The zero-order chi connectivity index (χ0) is 10.8. The Morgan fingerprint density at radius 3 is 2.50 bits per heavy atom. The second-order valence-electron chi connectivity index (χ2n) is 4.54. The summed E-state index contributed by atoms with van der Waals surface area (Å²) in [5, 5.41) is 7.16. The molecule has 0 aromatic heterocycles. The fourth-order valence-corrected chi connectivity index (χ4v) is 1.84. The normalized spacial score (nSPS) is 23.9. The van der Waals surface area contributed by atoms with E-state index < -0.39 is 0 Å². The van der Waals surface area contributed by atoms with E-state index in [4.69, 9.17) is 0 Å². The third kappa shape index (κ3) is 2.54. The predicted octanol–water partition coefficient (Wildman–Crippen LogP) is 1.57. The van der Waals surface area contributed by atoms with Crippen LogP contribution in [0.25, 0.3) is 0 Å². The molecule has 0 amide bonds. The van der Waals surface area contributed by atoms with Crippen LogP contribution in [-0.2, 0) is 4.84 Å². The summed E-state index contributed by atoms with van der Waals surface area (Å²) in [5.74, 6) is 0. The minimum Gasteiger partial charge on any atom is -0.399 e. The average molecular weight is 197 g/mol. The standard InChI is InChI=1S/C10H19N3O/c1-9(2)8(6-7-11-14-5)12-10(3,4)13-9/h7,13H,6H2,1-5H3. The lowest BCUT2D eigenvalue weighted by Gasteiger charge is -2.25. The summed E-state index contributed by atoms with van der Waals surface area (Å²) in [4.78, 5) is 9.22. The third-order valence-electron chi connectivity index (χ3n) is 2.22. The number of oxime groups is 1. The van der Waals surface area contributed by atoms with Crippen molar-refractivity contribution in [1.29, 1.82) is 0 Å². The molecule has 0 radical (unpaired) electrons. The van der Waals surface area contributed by atoms with Crippen LogP contribution in [0.15, 0.2) is 10.1 Å². The lowest BCUT2D eigenvalue weighted by molar-refractivity contribution is 0.215. The topological polar surface area (TPSA) is 46.0 Å². The number of nitrogens with one attached hydrogen (secondary N) is 1. The molecule has 0 aliphatic carbocycles. The second-order valence-corrected chi connectivity index (χ2v) is 4.54. The van der Waals surface area contributed by atoms with Crippen molar-refractivity contribution in [2.45, 2.75) is 45.3 Å². The molecule has 0 fully saturated rings. The molecular weight excluding hydrogens is 178 g/mol. The molecule has 0 aromatic carbocycles. The Bertz CT molecular complexity index is 267. The first-order chi connectivity index (χ1) is 6.37. The van der Waals surface area contributed by atoms with Gasteiger partial charge >= 0.3 is 0 Å². The summed E-state index contributed by atoms with van der Waals surface area (Å²) in [6, 6.07) is 0.